The van der Waals surface area contributed by atoms with Gasteiger partial charge in [0.2, 0.25) is 0 Å². The molecular formula is C18H21N3. The average molecular weight is 279 g/mol. The second-order valence-corrected chi connectivity index (χ2v) is 5.51. The second-order valence-electron chi connectivity index (χ2n) is 5.51. The van der Waals surface area contributed by atoms with Crippen molar-refractivity contribution in [2.24, 2.45) is 0 Å². The lowest BCUT2D eigenvalue weighted by molar-refractivity contribution is 0.675. The Morgan fingerprint density at radius 3 is 2.57 bits per heavy atom. The number of benzene rings is 1. The van der Waals surface area contributed by atoms with Gasteiger partial charge in [-0.25, -0.2) is 9.97 Å². The molecule has 3 nitrogen and oxygen atoms in total. The molecule has 3 heteroatoms. The molecule has 1 aliphatic carbocycles. The zero-order valence-electron chi connectivity index (χ0n) is 12.7. The van der Waals surface area contributed by atoms with Crippen molar-refractivity contribution in [1.82, 2.24) is 15.3 Å². The summed E-state index contributed by atoms with van der Waals surface area (Å²) in [4.78, 5) is 8.81. The Bertz CT molecular complexity index is 657. The molecule has 21 heavy (non-hydrogen) atoms. The van der Waals surface area contributed by atoms with Gasteiger partial charge in [-0.2, -0.15) is 0 Å². The van der Waals surface area contributed by atoms with Crippen molar-refractivity contribution < 1.29 is 0 Å². The molecule has 0 bridgehead atoms. The molecule has 108 valence electrons. The number of rotatable bonds is 5. The summed E-state index contributed by atoms with van der Waals surface area (Å²) in [6, 6.07) is 8.79. The summed E-state index contributed by atoms with van der Waals surface area (Å²) in [5, 5.41) is 3.49. The second kappa shape index (κ2) is 6.19. The van der Waals surface area contributed by atoms with Crippen LogP contribution in [0.1, 0.15) is 41.9 Å². The van der Waals surface area contributed by atoms with Crippen LogP contribution in [0.15, 0.2) is 36.7 Å². The van der Waals surface area contributed by atoms with Crippen LogP contribution in [-0.2, 0) is 25.9 Å². The van der Waals surface area contributed by atoms with Crippen LogP contribution < -0.4 is 5.32 Å². The normalized spacial score (nSPS) is 13.1. The lowest BCUT2D eigenvalue weighted by Gasteiger charge is -2.10. The van der Waals surface area contributed by atoms with Crippen molar-refractivity contribution in [3.63, 3.8) is 0 Å². The van der Waals surface area contributed by atoms with E-state index in [0.717, 1.165) is 37.3 Å². The van der Waals surface area contributed by atoms with Crippen molar-refractivity contribution in [1.29, 1.82) is 0 Å². The molecule has 2 aromatic rings. The van der Waals surface area contributed by atoms with Crippen LogP contribution in [-0.4, -0.2) is 9.97 Å². The van der Waals surface area contributed by atoms with E-state index in [9.17, 15) is 0 Å². The smallest absolute Gasteiger partial charge is 0.116 e. The minimum atomic E-state index is 0.783. The van der Waals surface area contributed by atoms with Crippen LogP contribution in [0.3, 0.4) is 0 Å². The molecule has 0 radical (unpaired) electrons. The number of nitrogens with one attached hydrogen (secondary N) is 1. The Kier molecular flexibility index (Phi) is 4.11. The summed E-state index contributed by atoms with van der Waals surface area (Å²) in [5.41, 5.74) is 7.50. The van der Waals surface area contributed by atoms with E-state index < -0.39 is 0 Å². The van der Waals surface area contributed by atoms with E-state index in [1.165, 1.54) is 22.3 Å². The first-order valence-electron chi connectivity index (χ1n) is 7.56. The number of aromatic nitrogens is 2. The van der Waals surface area contributed by atoms with E-state index in [1.54, 1.807) is 6.33 Å². The summed E-state index contributed by atoms with van der Waals surface area (Å²) >= 11 is 0. The fraction of sp³-hybridized carbons (Fsp3) is 0.333. The lowest BCUT2D eigenvalue weighted by atomic mass is 10.1. The number of hydrogen-bond donors (Lipinski definition) is 1. The van der Waals surface area contributed by atoms with Gasteiger partial charge in [0.15, 0.2) is 0 Å². The molecule has 1 aliphatic rings. The first-order valence-corrected chi connectivity index (χ1v) is 7.56. The van der Waals surface area contributed by atoms with Crippen LogP contribution in [0.4, 0.5) is 0 Å². The first-order chi connectivity index (χ1) is 10.3. The van der Waals surface area contributed by atoms with Gasteiger partial charge in [-0.3, -0.25) is 0 Å². The van der Waals surface area contributed by atoms with Gasteiger partial charge < -0.3 is 5.32 Å². The summed E-state index contributed by atoms with van der Waals surface area (Å²) in [5.74, 6) is 0. The third kappa shape index (κ3) is 3.03. The summed E-state index contributed by atoms with van der Waals surface area (Å²) in [6.07, 6.45) is 5.94. The number of nitrogens with zero attached hydrogens (tertiary/aromatic N) is 2. The zero-order valence-corrected chi connectivity index (χ0v) is 12.7. The maximum absolute atomic E-state index is 4.44. The van der Waals surface area contributed by atoms with Crippen molar-refractivity contribution in [3.05, 3.63) is 64.7 Å². The van der Waals surface area contributed by atoms with Crippen LogP contribution in [0.5, 0.6) is 0 Å². The molecular weight excluding hydrogens is 258 g/mol. The molecule has 0 atom stereocenters. The summed E-state index contributed by atoms with van der Waals surface area (Å²) in [6.45, 7) is 5.97. The quantitative estimate of drug-likeness (QED) is 0.912. The van der Waals surface area contributed by atoms with Gasteiger partial charge in [-0.05, 0) is 30.0 Å². The highest BCUT2D eigenvalue weighted by molar-refractivity contribution is 5.71. The Hall–Kier alpha value is -2.00. The monoisotopic (exact) mass is 279 g/mol. The van der Waals surface area contributed by atoms with Crippen LogP contribution in [0.2, 0.25) is 0 Å². The minimum Gasteiger partial charge on any atom is -0.307 e. The highest BCUT2D eigenvalue weighted by atomic mass is 14.9. The topological polar surface area (TPSA) is 37.8 Å². The van der Waals surface area contributed by atoms with Gasteiger partial charge in [0, 0.05) is 25.1 Å². The SMILES string of the molecule is CCc1ccc(CNCc2ncnc3c2C(C)=CC3)cc1. The summed E-state index contributed by atoms with van der Waals surface area (Å²) < 4.78 is 0. The third-order valence-corrected chi connectivity index (χ3v) is 4.05. The average Bonchev–Trinajstić information content (AvgIpc) is 2.90. The molecule has 1 aromatic heterocycles. The molecule has 1 aromatic carbocycles. The summed E-state index contributed by atoms with van der Waals surface area (Å²) in [7, 11) is 0. The molecule has 0 saturated carbocycles. The predicted octanol–water partition coefficient (Wildman–Crippen LogP) is 3.29. The van der Waals surface area contributed by atoms with E-state index in [-0.39, 0.29) is 0 Å². The van der Waals surface area contributed by atoms with Crippen LogP contribution >= 0.6 is 0 Å². The van der Waals surface area contributed by atoms with E-state index in [0.29, 0.717) is 0 Å². The van der Waals surface area contributed by atoms with Crippen molar-refractivity contribution in [2.75, 3.05) is 0 Å². The molecule has 0 unspecified atom stereocenters. The number of fused-ring (bicyclic) bond motifs is 1. The van der Waals surface area contributed by atoms with Gasteiger partial charge in [-0.1, -0.05) is 37.3 Å². The molecule has 0 saturated heterocycles. The Morgan fingerprint density at radius 2 is 1.81 bits per heavy atom. The van der Waals surface area contributed by atoms with Crippen LogP contribution in [0.25, 0.3) is 5.57 Å². The van der Waals surface area contributed by atoms with Crippen molar-refractivity contribution >= 4 is 5.57 Å². The third-order valence-electron chi connectivity index (χ3n) is 4.05. The molecule has 0 fully saturated rings. The van der Waals surface area contributed by atoms with E-state index in [1.807, 2.05) is 0 Å². The number of hydrogen-bond acceptors (Lipinski definition) is 3. The van der Waals surface area contributed by atoms with Gasteiger partial charge in [0.25, 0.3) is 0 Å². The highest BCUT2D eigenvalue weighted by Crippen LogP contribution is 2.27. The predicted molar refractivity (Wildman–Crippen MR) is 85.8 cm³/mol. The minimum absolute atomic E-state index is 0.783. The standard InChI is InChI=1S/C18H21N3/c1-3-14-5-7-15(8-6-14)10-19-11-17-18-13(2)4-9-16(18)20-12-21-17/h4-8,12,19H,3,9-11H2,1-2H3. The lowest BCUT2D eigenvalue weighted by Crippen LogP contribution is -2.15. The molecule has 0 amide bonds. The van der Waals surface area contributed by atoms with Gasteiger partial charge >= 0.3 is 0 Å². The van der Waals surface area contributed by atoms with Gasteiger partial charge in [0.1, 0.15) is 6.33 Å². The largest absolute Gasteiger partial charge is 0.307 e. The van der Waals surface area contributed by atoms with Gasteiger partial charge in [0.05, 0.1) is 11.4 Å². The zero-order chi connectivity index (χ0) is 14.7. The molecule has 1 N–H and O–H groups in total. The maximum Gasteiger partial charge on any atom is 0.116 e. The Morgan fingerprint density at radius 1 is 1.05 bits per heavy atom. The van der Waals surface area contributed by atoms with Crippen molar-refractivity contribution in [3.8, 4) is 0 Å². The van der Waals surface area contributed by atoms with Gasteiger partial charge in [-0.15, -0.1) is 0 Å². The molecule has 3 rings (SSSR count). The molecule has 1 heterocycles. The Balaban J connectivity index is 1.63. The van der Waals surface area contributed by atoms with E-state index in [4.69, 9.17) is 0 Å². The fourth-order valence-corrected chi connectivity index (χ4v) is 2.78. The van der Waals surface area contributed by atoms with E-state index in [2.05, 4.69) is 59.5 Å². The molecule has 0 aliphatic heterocycles. The van der Waals surface area contributed by atoms with Crippen LogP contribution in [0, 0.1) is 0 Å². The fourth-order valence-electron chi connectivity index (χ4n) is 2.78. The molecule has 0 spiro atoms. The van der Waals surface area contributed by atoms with E-state index >= 15 is 0 Å². The van der Waals surface area contributed by atoms with Crippen molar-refractivity contribution in [2.45, 2.75) is 39.8 Å². The number of aryl methyl sites for hydroxylation is 1. The Labute approximate surface area is 126 Å². The first kappa shape index (κ1) is 14.0. The maximum atomic E-state index is 4.44. The number of allylic oxidation sites excluding steroid dienone is 2. The highest BCUT2D eigenvalue weighted by Gasteiger charge is 2.16.